The van der Waals surface area contributed by atoms with E-state index in [0.717, 1.165) is 5.69 Å². The minimum Gasteiger partial charge on any atom is -0.381 e. The van der Waals surface area contributed by atoms with Crippen molar-refractivity contribution in [1.82, 2.24) is 4.98 Å². The van der Waals surface area contributed by atoms with Gasteiger partial charge in [-0.05, 0) is 74.2 Å². The Morgan fingerprint density at radius 2 is 1.88 bits per heavy atom. The highest BCUT2D eigenvalue weighted by Crippen LogP contribution is 2.53. The summed E-state index contributed by atoms with van der Waals surface area (Å²) in [5.74, 6) is -0.567. The predicted octanol–water partition coefficient (Wildman–Crippen LogP) is 6.55. The molecule has 1 heterocycles. The van der Waals surface area contributed by atoms with Gasteiger partial charge in [0.2, 0.25) is 0 Å². The molecule has 2 N–H and O–H groups in total. The standard InChI is InChI=1S/C24H23ClF4N2O/c1-15-6-8-17-20(4-2-5-21(17)31-15)30-14-23(32,24(27,28)29)13-22(10-3-11-22)18-12-16(26)7-9-19(18)25/h2,4-9,12,30,32H,3,10-11,13-14H2,1H3. The van der Waals surface area contributed by atoms with Crippen molar-refractivity contribution >= 4 is 28.2 Å². The Bertz CT molecular complexity index is 1150. The number of hydrogen-bond donors (Lipinski definition) is 2. The summed E-state index contributed by atoms with van der Waals surface area (Å²) in [5, 5.41) is 14.6. The number of aromatic nitrogens is 1. The maximum absolute atomic E-state index is 14.2. The smallest absolute Gasteiger partial charge is 0.381 e. The minimum atomic E-state index is -4.90. The van der Waals surface area contributed by atoms with Crippen LogP contribution in [0.4, 0.5) is 23.2 Å². The van der Waals surface area contributed by atoms with Gasteiger partial charge < -0.3 is 10.4 Å². The Kier molecular flexibility index (Phi) is 5.84. The summed E-state index contributed by atoms with van der Waals surface area (Å²) in [6, 6.07) is 12.4. The topological polar surface area (TPSA) is 45.1 Å². The van der Waals surface area contributed by atoms with E-state index in [-0.39, 0.29) is 5.02 Å². The number of hydrogen-bond acceptors (Lipinski definition) is 3. The molecule has 1 saturated carbocycles. The molecule has 32 heavy (non-hydrogen) atoms. The van der Waals surface area contributed by atoms with E-state index in [9.17, 15) is 22.7 Å². The lowest BCUT2D eigenvalue weighted by atomic mass is 9.59. The van der Waals surface area contributed by atoms with Gasteiger partial charge in [0.1, 0.15) is 5.82 Å². The Balaban J connectivity index is 1.66. The third kappa shape index (κ3) is 4.16. The summed E-state index contributed by atoms with van der Waals surface area (Å²) in [6.07, 6.45) is -4.04. The van der Waals surface area contributed by atoms with Crippen molar-refractivity contribution in [3.63, 3.8) is 0 Å². The third-order valence-corrected chi connectivity index (χ3v) is 6.74. The molecule has 3 aromatic rings. The average molecular weight is 467 g/mol. The highest BCUT2D eigenvalue weighted by molar-refractivity contribution is 6.31. The molecule has 1 atom stereocenters. The van der Waals surface area contributed by atoms with Crippen molar-refractivity contribution in [2.24, 2.45) is 0 Å². The van der Waals surface area contributed by atoms with Gasteiger partial charge in [0, 0.05) is 27.2 Å². The first-order valence-corrected chi connectivity index (χ1v) is 10.8. The number of pyridine rings is 1. The molecular weight excluding hydrogens is 444 g/mol. The number of halogens is 5. The van der Waals surface area contributed by atoms with E-state index in [1.54, 1.807) is 30.3 Å². The summed E-state index contributed by atoms with van der Waals surface area (Å²) >= 11 is 6.24. The third-order valence-electron chi connectivity index (χ3n) is 6.41. The minimum absolute atomic E-state index is 0.207. The first-order chi connectivity index (χ1) is 15.0. The van der Waals surface area contributed by atoms with Gasteiger partial charge in [-0.25, -0.2) is 4.39 Å². The molecule has 3 nitrogen and oxygen atoms in total. The number of aliphatic hydroxyl groups is 1. The lowest BCUT2D eigenvalue weighted by Gasteiger charge is -2.48. The number of rotatable bonds is 6. The van der Waals surface area contributed by atoms with Crippen LogP contribution in [-0.4, -0.2) is 28.4 Å². The molecule has 0 bridgehead atoms. The van der Waals surface area contributed by atoms with E-state index >= 15 is 0 Å². The van der Waals surface area contributed by atoms with E-state index < -0.39 is 36.0 Å². The van der Waals surface area contributed by atoms with E-state index in [1.807, 2.05) is 6.92 Å². The summed E-state index contributed by atoms with van der Waals surface area (Å²) in [7, 11) is 0. The predicted molar refractivity (Wildman–Crippen MR) is 118 cm³/mol. The number of fused-ring (bicyclic) bond motifs is 1. The van der Waals surface area contributed by atoms with Crippen LogP contribution in [-0.2, 0) is 5.41 Å². The first kappa shape index (κ1) is 22.8. The van der Waals surface area contributed by atoms with Crippen LogP contribution in [0.25, 0.3) is 10.9 Å². The van der Waals surface area contributed by atoms with Crippen LogP contribution < -0.4 is 5.32 Å². The fraction of sp³-hybridized carbons (Fsp3) is 0.375. The maximum atomic E-state index is 14.2. The maximum Gasteiger partial charge on any atom is 0.418 e. The zero-order valence-corrected chi connectivity index (χ0v) is 18.2. The molecule has 0 saturated heterocycles. The Labute approximate surface area is 188 Å². The second-order valence-corrected chi connectivity index (χ2v) is 9.05. The van der Waals surface area contributed by atoms with E-state index in [0.29, 0.717) is 41.4 Å². The van der Waals surface area contributed by atoms with Crippen molar-refractivity contribution in [3.05, 3.63) is 70.6 Å². The first-order valence-electron chi connectivity index (χ1n) is 10.4. The van der Waals surface area contributed by atoms with Gasteiger partial charge in [0.25, 0.3) is 0 Å². The summed E-state index contributed by atoms with van der Waals surface area (Å²) < 4.78 is 56.3. The molecular formula is C24H23ClF4N2O. The molecule has 1 fully saturated rings. The van der Waals surface area contributed by atoms with Gasteiger partial charge in [-0.2, -0.15) is 13.2 Å². The van der Waals surface area contributed by atoms with Gasteiger partial charge in [-0.3, -0.25) is 4.98 Å². The molecule has 1 aliphatic carbocycles. The quantitative estimate of drug-likeness (QED) is 0.405. The lowest BCUT2D eigenvalue weighted by molar-refractivity contribution is -0.263. The summed E-state index contributed by atoms with van der Waals surface area (Å²) in [6.45, 7) is 1.08. The number of anilines is 1. The van der Waals surface area contributed by atoms with Crippen LogP contribution in [0.1, 0.15) is 36.9 Å². The number of alkyl halides is 3. The van der Waals surface area contributed by atoms with Crippen LogP contribution >= 0.6 is 11.6 Å². The van der Waals surface area contributed by atoms with Crippen LogP contribution in [0.3, 0.4) is 0 Å². The Hall–Kier alpha value is -2.38. The fourth-order valence-corrected chi connectivity index (χ4v) is 4.84. The van der Waals surface area contributed by atoms with Gasteiger partial charge in [0.15, 0.2) is 5.60 Å². The van der Waals surface area contributed by atoms with Gasteiger partial charge in [-0.1, -0.05) is 24.1 Å². The number of nitrogens with zero attached hydrogens (tertiary/aromatic N) is 1. The molecule has 1 aliphatic rings. The largest absolute Gasteiger partial charge is 0.418 e. The summed E-state index contributed by atoms with van der Waals surface area (Å²) in [4.78, 5) is 4.39. The van der Waals surface area contributed by atoms with Gasteiger partial charge in [0.05, 0.1) is 12.1 Å². The van der Waals surface area contributed by atoms with Crippen LogP contribution in [0.5, 0.6) is 0 Å². The van der Waals surface area contributed by atoms with Gasteiger partial charge >= 0.3 is 6.18 Å². The van der Waals surface area contributed by atoms with Crippen LogP contribution in [0, 0.1) is 12.7 Å². The van der Waals surface area contributed by atoms with Crippen molar-refractivity contribution < 1.29 is 22.7 Å². The number of aryl methyl sites for hydroxylation is 1. The van der Waals surface area contributed by atoms with Crippen LogP contribution in [0.2, 0.25) is 5.02 Å². The molecule has 8 heteroatoms. The lowest BCUT2D eigenvalue weighted by Crippen LogP contribution is -2.56. The molecule has 1 aromatic heterocycles. The monoisotopic (exact) mass is 466 g/mol. The Morgan fingerprint density at radius 3 is 2.53 bits per heavy atom. The SMILES string of the molecule is Cc1ccc2c(NCC(O)(CC3(c4cc(F)ccc4Cl)CCC3)C(F)(F)F)cccc2n1. The van der Waals surface area contributed by atoms with Crippen molar-refractivity contribution in [2.45, 2.75) is 49.8 Å². The molecule has 4 rings (SSSR count). The second-order valence-electron chi connectivity index (χ2n) is 8.64. The second kappa shape index (κ2) is 8.19. The van der Waals surface area contributed by atoms with Gasteiger partial charge in [-0.15, -0.1) is 0 Å². The fourth-order valence-electron chi connectivity index (χ4n) is 4.52. The van der Waals surface area contributed by atoms with Crippen molar-refractivity contribution in [2.75, 3.05) is 11.9 Å². The highest BCUT2D eigenvalue weighted by atomic mass is 35.5. The van der Waals surface area contributed by atoms with Crippen molar-refractivity contribution in [3.8, 4) is 0 Å². The summed E-state index contributed by atoms with van der Waals surface area (Å²) in [5.41, 5.74) is -1.87. The molecule has 1 unspecified atom stereocenters. The highest BCUT2D eigenvalue weighted by Gasteiger charge is 2.59. The molecule has 0 amide bonds. The molecule has 0 aliphatic heterocycles. The van der Waals surface area contributed by atoms with E-state index in [2.05, 4.69) is 10.3 Å². The molecule has 0 spiro atoms. The zero-order valence-electron chi connectivity index (χ0n) is 17.4. The Morgan fingerprint density at radius 1 is 1.12 bits per heavy atom. The van der Waals surface area contributed by atoms with E-state index in [1.165, 1.54) is 18.2 Å². The number of nitrogens with one attached hydrogen (secondary N) is 1. The van der Waals surface area contributed by atoms with Crippen molar-refractivity contribution in [1.29, 1.82) is 0 Å². The molecule has 0 radical (unpaired) electrons. The average Bonchev–Trinajstić information content (AvgIpc) is 2.70. The van der Waals surface area contributed by atoms with Crippen LogP contribution in [0.15, 0.2) is 48.5 Å². The van der Waals surface area contributed by atoms with E-state index in [4.69, 9.17) is 11.6 Å². The normalized spacial score (nSPS) is 17.6. The molecule has 2 aromatic carbocycles. The molecule has 170 valence electrons. The number of benzene rings is 2. The zero-order chi connectivity index (χ0) is 23.1.